The van der Waals surface area contributed by atoms with Crippen molar-refractivity contribution in [2.75, 3.05) is 31.6 Å². The molecule has 1 aromatic carbocycles. The number of nitrogens with zero attached hydrogens (tertiary/aromatic N) is 4. The van der Waals surface area contributed by atoms with Gasteiger partial charge >= 0.3 is 0 Å². The first-order valence-corrected chi connectivity index (χ1v) is 8.74. The molecule has 0 unspecified atom stereocenters. The monoisotopic (exact) mass is 342 g/mol. The average molecular weight is 342 g/mol. The van der Waals surface area contributed by atoms with Crippen molar-refractivity contribution in [3.63, 3.8) is 0 Å². The van der Waals surface area contributed by atoms with Gasteiger partial charge in [-0.25, -0.2) is 14.4 Å². The van der Waals surface area contributed by atoms with Gasteiger partial charge in [-0.05, 0) is 30.2 Å². The summed E-state index contributed by atoms with van der Waals surface area (Å²) in [6.45, 7) is 3.48. The molecule has 0 N–H and O–H groups in total. The number of benzene rings is 1. The van der Waals surface area contributed by atoms with Gasteiger partial charge < -0.3 is 9.64 Å². The molecule has 5 nitrogen and oxygen atoms in total. The molecular weight excluding hydrogens is 319 g/mol. The number of halogens is 1. The summed E-state index contributed by atoms with van der Waals surface area (Å²) in [6, 6.07) is 8.90. The number of hydrogen-bond acceptors (Lipinski definition) is 5. The summed E-state index contributed by atoms with van der Waals surface area (Å²) in [5.74, 6) is 0.559. The van der Waals surface area contributed by atoms with Crippen LogP contribution in [0.4, 0.5) is 10.3 Å². The Morgan fingerprint density at radius 3 is 2.80 bits per heavy atom. The second-order valence-electron chi connectivity index (χ2n) is 7.10. The van der Waals surface area contributed by atoms with Gasteiger partial charge in [-0.3, -0.25) is 4.90 Å². The third kappa shape index (κ3) is 3.50. The molecule has 2 aliphatic rings. The predicted octanol–water partition coefficient (Wildman–Crippen LogP) is 2.49. The van der Waals surface area contributed by atoms with Gasteiger partial charge in [-0.1, -0.05) is 12.1 Å². The fourth-order valence-corrected chi connectivity index (χ4v) is 3.90. The Hall–Kier alpha value is -2.05. The van der Waals surface area contributed by atoms with Crippen LogP contribution in [0.15, 0.2) is 42.7 Å². The van der Waals surface area contributed by atoms with E-state index in [9.17, 15) is 4.39 Å². The van der Waals surface area contributed by atoms with Gasteiger partial charge in [0.25, 0.3) is 0 Å². The highest BCUT2D eigenvalue weighted by Crippen LogP contribution is 2.37. The maximum Gasteiger partial charge on any atom is 0.225 e. The first-order chi connectivity index (χ1) is 12.1. The number of rotatable bonds is 4. The van der Waals surface area contributed by atoms with Gasteiger partial charge in [0.05, 0.1) is 18.2 Å². The van der Waals surface area contributed by atoms with Crippen LogP contribution in [-0.2, 0) is 11.3 Å². The minimum atomic E-state index is -0.185. The zero-order valence-electron chi connectivity index (χ0n) is 14.4. The average Bonchev–Trinajstić information content (AvgIpc) is 3.24. The lowest BCUT2D eigenvalue weighted by Crippen LogP contribution is -2.36. The van der Waals surface area contributed by atoms with Crippen LogP contribution in [-0.4, -0.2) is 53.3 Å². The van der Waals surface area contributed by atoms with E-state index in [2.05, 4.69) is 19.8 Å². The van der Waals surface area contributed by atoms with Crippen molar-refractivity contribution in [1.82, 2.24) is 14.9 Å². The summed E-state index contributed by atoms with van der Waals surface area (Å²) in [5.41, 5.74) is 1.07. The van der Waals surface area contributed by atoms with Gasteiger partial charge in [0, 0.05) is 45.5 Å². The molecule has 2 aromatic rings. The Morgan fingerprint density at radius 1 is 1.28 bits per heavy atom. The Kier molecular flexibility index (Phi) is 4.39. The van der Waals surface area contributed by atoms with Gasteiger partial charge in [-0.2, -0.15) is 0 Å². The third-order valence-electron chi connectivity index (χ3n) is 5.32. The molecular formula is C19H23FN4O. The van der Waals surface area contributed by atoms with Crippen LogP contribution in [0.25, 0.3) is 0 Å². The number of ether oxygens (including phenoxy) is 1. The molecule has 0 saturated carbocycles. The maximum atomic E-state index is 13.1. The van der Waals surface area contributed by atoms with E-state index in [1.54, 1.807) is 12.4 Å². The molecule has 0 radical (unpaired) electrons. The summed E-state index contributed by atoms with van der Waals surface area (Å²) >= 11 is 0. The first-order valence-electron chi connectivity index (χ1n) is 8.74. The zero-order chi connectivity index (χ0) is 17.3. The highest BCUT2D eigenvalue weighted by molar-refractivity contribution is 5.30. The Balaban J connectivity index is 1.37. The van der Waals surface area contributed by atoms with Crippen molar-refractivity contribution in [3.8, 4) is 0 Å². The molecule has 1 aromatic heterocycles. The minimum Gasteiger partial charge on any atom is -0.371 e. The molecule has 1 spiro atoms. The molecule has 3 heterocycles. The molecule has 2 saturated heterocycles. The number of anilines is 1. The first kappa shape index (κ1) is 16.4. The Morgan fingerprint density at radius 2 is 2.04 bits per heavy atom. The smallest absolute Gasteiger partial charge is 0.225 e. The van der Waals surface area contributed by atoms with Crippen LogP contribution in [0.1, 0.15) is 18.4 Å². The lowest BCUT2D eigenvalue weighted by molar-refractivity contribution is 0.0118. The second kappa shape index (κ2) is 6.69. The lowest BCUT2D eigenvalue weighted by Gasteiger charge is -2.26. The Labute approximate surface area is 147 Å². The van der Waals surface area contributed by atoms with Gasteiger partial charge in [0.15, 0.2) is 0 Å². The summed E-state index contributed by atoms with van der Waals surface area (Å²) in [5, 5.41) is 0. The molecule has 25 heavy (non-hydrogen) atoms. The number of likely N-dealkylation sites (tertiary alicyclic amines) is 1. The highest BCUT2D eigenvalue weighted by atomic mass is 19.1. The standard InChI is InChI=1S/C19H23FN4O/c1-23(18-21-8-2-9-22-18)17-11-19(25-13-17)7-10-24(14-19)12-15-3-5-16(20)6-4-15/h2-6,8-9,17H,7,10-14H2,1H3/t17-,19-/m0/s1. The molecule has 0 amide bonds. The minimum absolute atomic E-state index is 0.0757. The van der Waals surface area contributed by atoms with Crippen molar-refractivity contribution >= 4 is 5.95 Å². The number of likely N-dealkylation sites (N-methyl/N-ethyl adjacent to an activating group) is 1. The van der Waals surface area contributed by atoms with E-state index in [1.807, 2.05) is 25.2 Å². The maximum absolute atomic E-state index is 13.1. The van der Waals surface area contributed by atoms with Crippen molar-refractivity contribution in [1.29, 1.82) is 0 Å². The quantitative estimate of drug-likeness (QED) is 0.854. The topological polar surface area (TPSA) is 41.5 Å². The van der Waals surface area contributed by atoms with Gasteiger partial charge in [0.1, 0.15) is 5.82 Å². The Bertz CT molecular complexity index is 711. The molecule has 2 fully saturated rings. The highest BCUT2D eigenvalue weighted by Gasteiger charge is 2.46. The van der Waals surface area contributed by atoms with Crippen LogP contribution in [0.3, 0.4) is 0 Å². The van der Waals surface area contributed by atoms with Crippen LogP contribution in [0.5, 0.6) is 0 Å². The van der Waals surface area contributed by atoms with E-state index in [0.717, 1.165) is 44.0 Å². The van der Waals surface area contributed by atoms with E-state index in [-0.39, 0.29) is 11.4 Å². The van der Waals surface area contributed by atoms with Crippen molar-refractivity contribution < 1.29 is 9.13 Å². The van der Waals surface area contributed by atoms with Gasteiger partial charge in [-0.15, -0.1) is 0 Å². The molecule has 4 rings (SSSR count). The zero-order valence-corrected chi connectivity index (χ0v) is 14.4. The van der Waals surface area contributed by atoms with Crippen molar-refractivity contribution in [2.45, 2.75) is 31.0 Å². The van der Waals surface area contributed by atoms with E-state index in [4.69, 9.17) is 4.74 Å². The van der Waals surface area contributed by atoms with Crippen LogP contribution in [0, 0.1) is 5.82 Å². The summed E-state index contributed by atoms with van der Waals surface area (Å²) < 4.78 is 19.3. The van der Waals surface area contributed by atoms with E-state index in [0.29, 0.717) is 12.6 Å². The van der Waals surface area contributed by atoms with Crippen LogP contribution < -0.4 is 4.90 Å². The molecule has 2 aliphatic heterocycles. The molecule has 6 heteroatoms. The predicted molar refractivity (Wildman–Crippen MR) is 93.8 cm³/mol. The van der Waals surface area contributed by atoms with Crippen molar-refractivity contribution in [3.05, 3.63) is 54.1 Å². The van der Waals surface area contributed by atoms with E-state index in [1.165, 1.54) is 12.1 Å². The fourth-order valence-electron chi connectivity index (χ4n) is 3.90. The second-order valence-corrected chi connectivity index (χ2v) is 7.10. The molecule has 2 atom stereocenters. The SMILES string of the molecule is CN(c1ncccn1)[C@@H]1CO[C@@]2(CCN(Cc3ccc(F)cc3)C2)C1. The third-order valence-corrected chi connectivity index (χ3v) is 5.32. The van der Waals surface area contributed by atoms with E-state index < -0.39 is 0 Å². The summed E-state index contributed by atoms with van der Waals surface area (Å²) in [7, 11) is 2.04. The normalized spacial score (nSPS) is 26.4. The largest absolute Gasteiger partial charge is 0.371 e. The molecule has 0 bridgehead atoms. The van der Waals surface area contributed by atoms with Crippen molar-refractivity contribution in [2.24, 2.45) is 0 Å². The fraction of sp³-hybridized carbons (Fsp3) is 0.474. The van der Waals surface area contributed by atoms with Crippen LogP contribution in [0.2, 0.25) is 0 Å². The van der Waals surface area contributed by atoms with Gasteiger partial charge in [0.2, 0.25) is 5.95 Å². The number of aromatic nitrogens is 2. The summed E-state index contributed by atoms with van der Waals surface area (Å²) in [6.07, 6.45) is 5.56. The lowest BCUT2D eigenvalue weighted by atomic mass is 9.97. The number of hydrogen-bond donors (Lipinski definition) is 0. The summed E-state index contributed by atoms with van der Waals surface area (Å²) in [4.78, 5) is 13.2. The van der Waals surface area contributed by atoms with E-state index >= 15 is 0 Å². The molecule has 0 aliphatic carbocycles. The molecule has 132 valence electrons. The van der Waals surface area contributed by atoms with Crippen LogP contribution >= 0.6 is 0 Å².